The molecule has 0 aliphatic carbocycles. The maximum absolute atomic E-state index is 5.39. The number of nitrogens with two attached hydrogens (primary N) is 2. The van der Waals surface area contributed by atoms with Gasteiger partial charge < -0.3 is 16.0 Å². The molecule has 0 aromatic carbocycles. The molecule has 0 radical (unpaired) electrons. The summed E-state index contributed by atoms with van der Waals surface area (Å²) < 4.78 is 4.37. The molecule has 5 heteroatoms. The van der Waals surface area contributed by atoms with Crippen molar-refractivity contribution in [1.82, 2.24) is 5.16 Å². The van der Waals surface area contributed by atoms with Crippen molar-refractivity contribution in [2.45, 2.75) is 0 Å². The van der Waals surface area contributed by atoms with E-state index in [-0.39, 0.29) is 16.7 Å². The Morgan fingerprint density at radius 2 is 2.12 bits per heavy atom. The zero-order valence-electron chi connectivity index (χ0n) is 3.89. The number of rotatable bonds is 0. The van der Waals surface area contributed by atoms with Gasteiger partial charge >= 0.3 is 0 Å². The summed E-state index contributed by atoms with van der Waals surface area (Å²) in [7, 11) is 0. The summed E-state index contributed by atoms with van der Waals surface area (Å²) >= 11 is 5.39. The normalized spacial score (nSPS) is 9.62. The number of nitrogens with zero attached hydrogens (tertiary/aromatic N) is 1. The quantitative estimate of drug-likeness (QED) is 0.540. The molecule has 0 saturated carbocycles. The third-order valence-corrected chi connectivity index (χ3v) is 1.06. The first-order valence-electron chi connectivity index (χ1n) is 1.88. The average molecular weight is 134 g/mol. The molecule has 1 rings (SSSR count). The zero-order valence-corrected chi connectivity index (χ0v) is 4.64. The third kappa shape index (κ3) is 0.586. The van der Waals surface area contributed by atoms with Crippen molar-refractivity contribution in [1.29, 1.82) is 0 Å². The van der Waals surface area contributed by atoms with Crippen LogP contribution in [0.3, 0.4) is 0 Å². The molecule has 1 aromatic rings. The number of halogens is 1. The van der Waals surface area contributed by atoms with Crippen molar-refractivity contribution in [3.63, 3.8) is 0 Å². The summed E-state index contributed by atoms with van der Waals surface area (Å²) in [6.45, 7) is 0. The molecule has 0 fully saturated rings. The summed E-state index contributed by atoms with van der Waals surface area (Å²) in [5.74, 6) is 0.188. The van der Waals surface area contributed by atoms with Crippen molar-refractivity contribution in [3.8, 4) is 0 Å². The minimum Gasteiger partial charge on any atom is -0.380 e. The maximum atomic E-state index is 5.39. The second kappa shape index (κ2) is 1.56. The molecule has 0 amide bonds. The lowest BCUT2D eigenvalue weighted by Gasteiger charge is -1.78. The second-order valence-corrected chi connectivity index (χ2v) is 1.62. The van der Waals surface area contributed by atoms with E-state index in [4.69, 9.17) is 23.1 Å². The fourth-order valence-corrected chi connectivity index (χ4v) is 0.374. The minimum absolute atomic E-state index is 0.0594. The monoisotopic (exact) mass is 133 g/mol. The molecule has 0 atom stereocenters. The topological polar surface area (TPSA) is 78.1 Å². The van der Waals surface area contributed by atoms with E-state index >= 15 is 0 Å². The molecule has 0 unspecified atom stereocenters. The summed E-state index contributed by atoms with van der Waals surface area (Å²) in [6, 6.07) is 0. The van der Waals surface area contributed by atoms with Gasteiger partial charge in [0, 0.05) is 0 Å². The first-order valence-corrected chi connectivity index (χ1v) is 2.25. The molecule has 44 valence electrons. The Morgan fingerprint density at radius 3 is 2.25 bits per heavy atom. The smallest absolute Gasteiger partial charge is 0.243 e. The summed E-state index contributed by atoms with van der Waals surface area (Å²) in [4.78, 5) is 0. The highest BCUT2D eigenvalue weighted by Crippen LogP contribution is 2.23. The van der Waals surface area contributed by atoms with Gasteiger partial charge in [0.05, 0.1) is 0 Å². The largest absolute Gasteiger partial charge is 0.380 e. The van der Waals surface area contributed by atoms with Gasteiger partial charge in [-0.15, -0.1) is 0 Å². The lowest BCUT2D eigenvalue weighted by molar-refractivity contribution is 0.440. The molecular formula is C3H4ClN3O. The molecule has 1 aromatic heterocycles. The summed E-state index contributed by atoms with van der Waals surface area (Å²) in [6.07, 6.45) is 0. The van der Waals surface area contributed by atoms with Crippen molar-refractivity contribution in [3.05, 3.63) is 5.02 Å². The number of nitrogen functional groups attached to an aromatic ring is 2. The standard InChI is InChI=1S/C3H4ClN3O/c4-1-2(5)7-8-3(1)6/h6H2,(H2,5,7). The Kier molecular flexibility index (Phi) is 1.02. The van der Waals surface area contributed by atoms with E-state index in [0.717, 1.165) is 0 Å². The molecule has 4 nitrogen and oxygen atoms in total. The van der Waals surface area contributed by atoms with Crippen LogP contribution in [-0.2, 0) is 0 Å². The number of hydrogen-bond donors (Lipinski definition) is 2. The van der Waals surface area contributed by atoms with E-state index in [0.29, 0.717) is 0 Å². The van der Waals surface area contributed by atoms with Gasteiger partial charge in [-0.25, -0.2) is 0 Å². The fourth-order valence-electron chi connectivity index (χ4n) is 0.305. The fraction of sp³-hybridized carbons (Fsp3) is 0. The van der Waals surface area contributed by atoms with Gasteiger partial charge in [0.1, 0.15) is 5.02 Å². The number of anilines is 2. The molecule has 1 heterocycles. The Bertz CT molecular complexity index is 177. The Hall–Kier alpha value is -0.900. The zero-order chi connectivity index (χ0) is 6.15. The average Bonchev–Trinajstić information content (AvgIpc) is 1.98. The number of aromatic nitrogens is 1. The van der Waals surface area contributed by atoms with Gasteiger partial charge in [-0.3, -0.25) is 0 Å². The molecule has 0 aliphatic heterocycles. The van der Waals surface area contributed by atoms with Crippen molar-refractivity contribution >= 4 is 23.3 Å². The van der Waals surface area contributed by atoms with E-state index in [2.05, 4.69) is 9.68 Å². The van der Waals surface area contributed by atoms with Crippen molar-refractivity contribution < 1.29 is 4.52 Å². The molecule has 0 saturated heterocycles. The van der Waals surface area contributed by atoms with Crippen LogP contribution in [0, 0.1) is 0 Å². The highest BCUT2D eigenvalue weighted by molar-refractivity contribution is 6.34. The Morgan fingerprint density at radius 1 is 1.50 bits per heavy atom. The van der Waals surface area contributed by atoms with E-state index < -0.39 is 0 Å². The van der Waals surface area contributed by atoms with Crippen LogP contribution in [0.5, 0.6) is 0 Å². The number of hydrogen-bond acceptors (Lipinski definition) is 4. The van der Waals surface area contributed by atoms with Crippen LogP contribution in [0.25, 0.3) is 0 Å². The van der Waals surface area contributed by atoms with Gasteiger partial charge in [-0.1, -0.05) is 16.8 Å². The first kappa shape index (κ1) is 5.24. The van der Waals surface area contributed by atoms with Gasteiger partial charge in [-0.2, -0.15) is 0 Å². The van der Waals surface area contributed by atoms with E-state index in [1.165, 1.54) is 0 Å². The van der Waals surface area contributed by atoms with Crippen LogP contribution in [-0.4, -0.2) is 5.16 Å². The molecule has 0 aliphatic rings. The van der Waals surface area contributed by atoms with Gasteiger partial charge in [0.25, 0.3) is 0 Å². The van der Waals surface area contributed by atoms with Crippen molar-refractivity contribution in [2.24, 2.45) is 0 Å². The maximum Gasteiger partial charge on any atom is 0.243 e. The lowest BCUT2D eigenvalue weighted by Crippen LogP contribution is -1.84. The van der Waals surface area contributed by atoms with E-state index in [9.17, 15) is 0 Å². The van der Waals surface area contributed by atoms with Crippen LogP contribution < -0.4 is 11.5 Å². The SMILES string of the molecule is Nc1noc(N)c1Cl. The summed E-state index contributed by atoms with van der Waals surface area (Å²) in [5, 5.41) is 3.45. The molecule has 0 bridgehead atoms. The molecule has 0 spiro atoms. The molecule has 8 heavy (non-hydrogen) atoms. The van der Waals surface area contributed by atoms with E-state index in [1.807, 2.05) is 0 Å². The van der Waals surface area contributed by atoms with Crippen molar-refractivity contribution in [2.75, 3.05) is 11.5 Å². The Labute approximate surface area is 50.4 Å². The van der Waals surface area contributed by atoms with Crippen LogP contribution in [0.1, 0.15) is 0 Å². The lowest BCUT2D eigenvalue weighted by atomic mass is 10.6. The third-order valence-electron chi connectivity index (χ3n) is 0.684. The first-order chi connectivity index (χ1) is 3.72. The van der Waals surface area contributed by atoms with Crippen LogP contribution in [0.2, 0.25) is 5.02 Å². The molecular weight excluding hydrogens is 130 g/mol. The molecule has 4 N–H and O–H groups in total. The predicted molar refractivity (Wildman–Crippen MR) is 30.3 cm³/mol. The summed E-state index contributed by atoms with van der Waals surface area (Å²) in [5.41, 5.74) is 10.2. The van der Waals surface area contributed by atoms with E-state index in [1.54, 1.807) is 0 Å². The van der Waals surface area contributed by atoms with Gasteiger partial charge in [0.15, 0.2) is 5.82 Å². The second-order valence-electron chi connectivity index (χ2n) is 1.25. The van der Waals surface area contributed by atoms with Gasteiger partial charge in [0.2, 0.25) is 5.88 Å². The Balaban J connectivity index is 3.19. The van der Waals surface area contributed by atoms with Crippen LogP contribution in [0.4, 0.5) is 11.7 Å². The highest BCUT2D eigenvalue weighted by Gasteiger charge is 2.04. The van der Waals surface area contributed by atoms with Crippen LogP contribution >= 0.6 is 11.6 Å². The van der Waals surface area contributed by atoms with Crippen LogP contribution in [0.15, 0.2) is 4.52 Å². The van der Waals surface area contributed by atoms with Gasteiger partial charge in [-0.05, 0) is 0 Å². The highest BCUT2D eigenvalue weighted by atomic mass is 35.5. The minimum atomic E-state index is 0.0594. The predicted octanol–water partition coefficient (Wildman–Crippen LogP) is 0.492.